The van der Waals surface area contributed by atoms with E-state index in [-0.39, 0.29) is 16.5 Å². The number of carbonyl (C=O) groups excluding carboxylic acids is 3. The van der Waals surface area contributed by atoms with Gasteiger partial charge in [0.2, 0.25) is 15.9 Å². The Morgan fingerprint density at radius 1 is 0.905 bits per heavy atom. The summed E-state index contributed by atoms with van der Waals surface area (Å²) in [5.74, 6) is -0.906. The van der Waals surface area contributed by atoms with Gasteiger partial charge in [0.15, 0.2) is 0 Å². The Morgan fingerprint density at radius 3 is 2.29 bits per heavy atom. The number of carbonyl (C=O) groups is 3. The molecule has 0 saturated heterocycles. The van der Waals surface area contributed by atoms with Crippen molar-refractivity contribution in [1.29, 1.82) is 0 Å². The Balaban J connectivity index is 1.45. The summed E-state index contributed by atoms with van der Waals surface area (Å²) >= 11 is 1.31. The standard InChI is InChI=1S/C30H28N4O6S2/c1-2-27(30(37)32-21-13-15-25(16-14-21)42(31,38)39)41-24-12-6-10-22(18-24)33-29(36)26(19-23-11-7-17-40-23)34-28(35)20-8-4-3-5-9-20/h3-19,27H,2H2,1H3,(H,32,37)(H,33,36)(H,34,35)(H2,31,38,39)/b26-19-. The number of nitrogens with one attached hydrogen (secondary N) is 3. The first-order valence-electron chi connectivity index (χ1n) is 12.8. The van der Waals surface area contributed by atoms with Gasteiger partial charge in [-0.25, -0.2) is 13.6 Å². The highest BCUT2D eigenvalue weighted by Crippen LogP contribution is 2.29. The lowest BCUT2D eigenvalue weighted by Crippen LogP contribution is -2.30. The normalized spacial score (nSPS) is 12.3. The van der Waals surface area contributed by atoms with E-state index in [0.717, 1.165) is 4.90 Å². The zero-order valence-corrected chi connectivity index (χ0v) is 24.1. The van der Waals surface area contributed by atoms with Gasteiger partial charge in [-0.15, -0.1) is 11.8 Å². The monoisotopic (exact) mass is 604 g/mol. The van der Waals surface area contributed by atoms with Gasteiger partial charge in [-0.2, -0.15) is 0 Å². The fraction of sp³-hybridized carbons (Fsp3) is 0.100. The number of thioether (sulfide) groups is 1. The molecule has 42 heavy (non-hydrogen) atoms. The number of primary sulfonamides is 1. The van der Waals surface area contributed by atoms with Gasteiger partial charge in [0.05, 0.1) is 16.4 Å². The first-order chi connectivity index (χ1) is 20.1. The summed E-state index contributed by atoms with van der Waals surface area (Å²) in [5.41, 5.74) is 1.26. The second-order valence-corrected chi connectivity index (χ2v) is 11.8. The lowest BCUT2D eigenvalue weighted by atomic mass is 10.2. The van der Waals surface area contributed by atoms with E-state index in [2.05, 4.69) is 16.0 Å². The summed E-state index contributed by atoms with van der Waals surface area (Å²) in [5, 5.41) is 12.9. The van der Waals surface area contributed by atoms with Crippen molar-refractivity contribution < 1.29 is 27.2 Å². The minimum absolute atomic E-state index is 0.0175. The molecule has 0 aliphatic heterocycles. The van der Waals surface area contributed by atoms with E-state index in [1.54, 1.807) is 60.7 Å². The number of furan rings is 1. The van der Waals surface area contributed by atoms with E-state index < -0.39 is 27.1 Å². The van der Waals surface area contributed by atoms with E-state index in [4.69, 9.17) is 9.56 Å². The third-order valence-electron chi connectivity index (χ3n) is 5.84. The number of amides is 3. The predicted molar refractivity (Wildman–Crippen MR) is 162 cm³/mol. The van der Waals surface area contributed by atoms with Crippen LogP contribution in [0.2, 0.25) is 0 Å². The van der Waals surface area contributed by atoms with Crippen molar-refractivity contribution >= 4 is 57.0 Å². The Bertz CT molecular complexity index is 1690. The lowest BCUT2D eigenvalue weighted by Gasteiger charge is -2.16. The van der Waals surface area contributed by atoms with Crippen molar-refractivity contribution in [2.24, 2.45) is 5.14 Å². The average molecular weight is 605 g/mol. The molecule has 0 aliphatic carbocycles. The van der Waals surface area contributed by atoms with Gasteiger partial charge < -0.3 is 20.4 Å². The quantitative estimate of drug-likeness (QED) is 0.141. The first kappa shape index (κ1) is 30.3. The van der Waals surface area contributed by atoms with Crippen molar-refractivity contribution in [2.45, 2.75) is 28.4 Å². The van der Waals surface area contributed by atoms with Crippen LogP contribution in [0.15, 0.2) is 117 Å². The number of sulfonamides is 1. The maximum Gasteiger partial charge on any atom is 0.272 e. The molecular formula is C30H28N4O6S2. The average Bonchev–Trinajstić information content (AvgIpc) is 3.49. The van der Waals surface area contributed by atoms with Crippen molar-refractivity contribution in [1.82, 2.24) is 5.32 Å². The van der Waals surface area contributed by atoms with Crippen LogP contribution in [0.3, 0.4) is 0 Å². The maximum absolute atomic E-state index is 13.2. The SMILES string of the molecule is CCC(Sc1cccc(NC(=O)/C(=C/c2ccco2)NC(=O)c2ccccc2)c1)C(=O)Nc1ccc(S(N)(=O)=O)cc1. The molecule has 0 fully saturated rings. The van der Waals surface area contributed by atoms with Crippen LogP contribution in [0.5, 0.6) is 0 Å². The Labute approximate surface area is 247 Å². The van der Waals surface area contributed by atoms with Crippen LogP contribution < -0.4 is 21.1 Å². The molecule has 0 bridgehead atoms. The van der Waals surface area contributed by atoms with Crippen LogP contribution in [-0.4, -0.2) is 31.4 Å². The molecule has 1 atom stereocenters. The zero-order valence-electron chi connectivity index (χ0n) is 22.4. The molecule has 1 heterocycles. The third-order valence-corrected chi connectivity index (χ3v) is 8.13. The first-order valence-corrected chi connectivity index (χ1v) is 15.2. The largest absolute Gasteiger partial charge is 0.465 e. The number of hydrogen-bond donors (Lipinski definition) is 4. The summed E-state index contributed by atoms with van der Waals surface area (Å²) in [4.78, 5) is 39.6. The van der Waals surface area contributed by atoms with Crippen LogP contribution >= 0.6 is 11.8 Å². The minimum Gasteiger partial charge on any atom is -0.465 e. The van der Waals surface area contributed by atoms with Crippen LogP contribution in [0, 0.1) is 0 Å². The molecule has 4 aromatic rings. The van der Waals surface area contributed by atoms with Gasteiger partial charge in [-0.1, -0.05) is 31.2 Å². The van der Waals surface area contributed by atoms with Crippen molar-refractivity contribution in [2.75, 3.05) is 10.6 Å². The molecule has 1 aromatic heterocycles. The number of hydrogen-bond acceptors (Lipinski definition) is 7. The van der Waals surface area contributed by atoms with Crippen molar-refractivity contribution in [3.8, 4) is 0 Å². The molecule has 0 radical (unpaired) electrons. The lowest BCUT2D eigenvalue weighted by molar-refractivity contribution is -0.116. The molecule has 0 spiro atoms. The third kappa shape index (κ3) is 8.43. The summed E-state index contributed by atoms with van der Waals surface area (Å²) < 4.78 is 28.3. The molecule has 0 saturated carbocycles. The second kappa shape index (κ2) is 13.8. The summed E-state index contributed by atoms with van der Waals surface area (Å²) in [6, 6.07) is 24.4. The van der Waals surface area contributed by atoms with Gasteiger partial charge in [0, 0.05) is 27.9 Å². The van der Waals surface area contributed by atoms with Crippen LogP contribution in [0.4, 0.5) is 11.4 Å². The molecule has 10 nitrogen and oxygen atoms in total. The number of anilines is 2. The van der Waals surface area contributed by atoms with E-state index in [9.17, 15) is 22.8 Å². The molecule has 1 unspecified atom stereocenters. The van der Waals surface area contributed by atoms with Gasteiger partial charge in [0.25, 0.3) is 11.8 Å². The molecule has 4 rings (SSSR count). The number of rotatable bonds is 11. The molecule has 3 amide bonds. The number of benzene rings is 3. The molecule has 3 aromatic carbocycles. The van der Waals surface area contributed by atoms with E-state index in [1.807, 2.05) is 13.0 Å². The summed E-state index contributed by atoms with van der Waals surface area (Å²) in [7, 11) is -3.84. The molecule has 12 heteroatoms. The van der Waals surface area contributed by atoms with Gasteiger partial charge in [-0.05, 0) is 73.2 Å². The van der Waals surface area contributed by atoms with Crippen LogP contribution in [0.1, 0.15) is 29.5 Å². The van der Waals surface area contributed by atoms with Crippen molar-refractivity contribution in [3.05, 3.63) is 114 Å². The Hall–Kier alpha value is -4.65. The Kier molecular flexibility index (Phi) is 9.97. The molecule has 216 valence electrons. The maximum atomic E-state index is 13.2. The molecular weight excluding hydrogens is 576 g/mol. The van der Waals surface area contributed by atoms with E-state index >= 15 is 0 Å². The highest BCUT2D eigenvalue weighted by molar-refractivity contribution is 8.00. The summed E-state index contributed by atoms with van der Waals surface area (Å²) in [6.07, 6.45) is 3.40. The van der Waals surface area contributed by atoms with Gasteiger partial charge >= 0.3 is 0 Å². The Morgan fingerprint density at radius 2 is 1.64 bits per heavy atom. The fourth-order valence-electron chi connectivity index (χ4n) is 3.74. The van der Waals surface area contributed by atoms with E-state index in [0.29, 0.717) is 29.1 Å². The second-order valence-electron chi connectivity index (χ2n) is 8.95. The smallest absolute Gasteiger partial charge is 0.272 e. The summed E-state index contributed by atoms with van der Waals surface area (Å²) in [6.45, 7) is 1.87. The van der Waals surface area contributed by atoms with Crippen LogP contribution in [0.25, 0.3) is 6.08 Å². The van der Waals surface area contributed by atoms with Gasteiger partial charge in [0.1, 0.15) is 11.5 Å². The fourth-order valence-corrected chi connectivity index (χ4v) is 5.27. The highest BCUT2D eigenvalue weighted by Gasteiger charge is 2.20. The zero-order chi connectivity index (χ0) is 30.1. The van der Waals surface area contributed by atoms with Crippen LogP contribution in [-0.2, 0) is 19.6 Å². The number of nitrogens with two attached hydrogens (primary N) is 1. The minimum atomic E-state index is -3.84. The highest BCUT2D eigenvalue weighted by atomic mass is 32.2. The molecule has 5 N–H and O–H groups in total. The van der Waals surface area contributed by atoms with E-state index in [1.165, 1.54) is 48.4 Å². The molecule has 0 aliphatic rings. The topological polar surface area (TPSA) is 161 Å². The van der Waals surface area contributed by atoms with Gasteiger partial charge in [-0.3, -0.25) is 14.4 Å². The van der Waals surface area contributed by atoms with Crippen molar-refractivity contribution in [3.63, 3.8) is 0 Å². The predicted octanol–water partition coefficient (Wildman–Crippen LogP) is 4.85.